The van der Waals surface area contributed by atoms with Gasteiger partial charge in [-0.15, -0.1) is 11.3 Å². The normalized spacial score (nSPS) is 10.3. The number of nitrogens with zero attached hydrogens (tertiary/aromatic N) is 1. The third kappa shape index (κ3) is 2.45. The van der Waals surface area contributed by atoms with Crippen LogP contribution in [0.4, 0.5) is 10.8 Å². The van der Waals surface area contributed by atoms with Crippen molar-refractivity contribution in [2.24, 2.45) is 0 Å². The van der Waals surface area contributed by atoms with E-state index >= 15 is 0 Å². The number of nitrogens with one attached hydrogen (secondary N) is 1. The van der Waals surface area contributed by atoms with Crippen LogP contribution < -0.4 is 15.8 Å². The lowest BCUT2D eigenvalue weighted by atomic mass is 10.3. The Balaban J connectivity index is 1.89. The minimum atomic E-state index is 0.450. The zero-order valence-corrected chi connectivity index (χ0v) is 10.5. The molecule has 3 N–H and O–H groups in total. The Bertz CT molecular complexity index is 439. The Morgan fingerprint density at radius 2 is 2.44 bits per heavy atom. The summed E-state index contributed by atoms with van der Waals surface area (Å²) >= 11 is 3.10. The van der Waals surface area contributed by atoms with E-state index in [1.165, 1.54) is 16.4 Å². The van der Waals surface area contributed by atoms with Crippen molar-refractivity contribution in [1.29, 1.82) is 0 Å². The van der Waals surface area contributed by atoms with Gasteiger partial charge in [-0.3, -0.25) is 0 Å². The smallest absolute Gasteiger partial charge is 0.197 e. The van der Waals surface area contributed by atoms with E-state index in [1.807, 2.05) is 0 Å². The van der Waals surface area contributed by atoms with Gasteiger partial charge in [-0.25, -0.2) is 0 Å². The third-order valence-corrected chi connectivity index (χ3v) is 3.85. The second-order valence-corrected chi connectivity index (χ2v) is 4.99. The first kappa shape index (κ1) is 11.2. The summed E-state index contributed by atoms with van der Waals surface area (Å²) in [4.78, 5) is 1.36. The number of hydrogen-bond acceptors (Lipinski definition) is 6. The molecular weight excluding hydrogens is 242 g/mol. The fraction of sp³-hybridized carbons (Fsp3) is 0.300. The zero-order valence-electron chi connectivity index (χ0n) is 8.90. The molecule has 0 saturated heterocycles. The molecule has 0 aliphatic heterocycles. The zero-order chi connectivity index (χ0) is 11.4. The maximum absolute atomic E-state index is 5.65. The predicted molar refractivity (Wildman–Crippen MR) is 69.6 cm³/mol. The Hall–Kier alpha value is -1.27. The minimum absolute atomic E-state index is 0.450. The van der Waals surface area contributed by atoms with E-state index in [2.05, 4.69) is 27.2 Å². The van der Waals surface area contributed by atoms with Crippen molar-refractivity contribution < 1.29 is 4.74 Å². The van der Waals surface area contributed by atoms with Crippen LogP contribution in [0.25, 0.3) is 0 Å². The second-order valence-electron chi connectivity index (χ2n) is 3.19. The summed E-state index contributed by atoms with van der Waals surface area (Å²) in [7, 11) is 1.60. The van der Waals surface area contributed by atoms with Gasteiger partial charge in [0.2, 0.25) is 0 Å². The molecule has 0 aliphatic rings. The van der Waals surface area contributed by atoms with E-state index in [9.17, 15) is 0 Å². The van der Waals surface area contributed by atoms with Crippen LogP contribution in [0, 0.1) is 0 Å². The van der Waals surface area contributed by atoms with Crippen LogP contribution in [0.5, 0.6) is 5.75 Å². The van der Waals surface area contributed by atoms with E-state index in [4.69, 9.17) is 10.5 Å². The van der Waals surface area contributed by atoms with Crippen molar-refractivity contribution in [1.82, 2.24) is 4.37 Å². The van der Waals surface area contributed by atoms with E-state index in [-0.39, 0.29) is 0 Å². The van der Waals surface area contributed by atoms with Crippen molar-refractivity contribution in [2.45, 2.75) is 6.42 Å². The topological polar surface area (TPSA) is 60.2 Å². The first-order valence-electron chi connectivity index (χ1n) is 4.86. The van der Waals surface area contributed by atoms with Crippen LogP contribution in [-0.2, 0) is 6.42 Å². The molecule has 0 fully saturated rings. The van der Waals surface area contributed by atoms with Crippen molar-refractivity contribution >= 4 is 33.7 Å². The Labute approximate surface area is 102 Å². The SMILES string of the molecule is COc1c(N)nsc1NCCc1cccs1. The summed E-state index contributed by atoms with van der Waals surface area (Å²) in [6.07, 6.45) is 0.999. The molecule has 86 valence electrons. The summed E-state index contributed by atoms with van der Waals surface area (Å²) < 4.78 is 9.20. The standard InChI is InChI=1S/C10H13N3OS2/c1-14-8-9(11)13-16-10(8)12-5-4-7-3-2-6-15-7/h2-3,6,12H,4-5H2,1H3,(H2,11,13). The van der Waals surface area contributed by atoms with E-state index in [1.54, 1.807) is 18.4 Å². The number of ether oxygens (including phenoxy) is 1. The molecule has 0 atom stereocenters. The highest BCUT2D eigenvalue weighted by Crippen LogP contribution is 2.34. The highest BCUT2D eigenvalue weighted by molar-refractivity contribution is 7.11. The lowest BCUT2D eigenvalue weighted by molar-refractivity contribution is 0.419. The summed E-state index contributed by atoms with van der Waals surface area (Å²) in [5.41, 5.74) is 5.65. The number of thiophene rings is 1. The molecule has 0 bridgehead atoms. The highest BCUT2D eigenvalue weighted by Gasteiger charge is 2.10. The summed E-state index contributed by atoms with van der Waals surface area (Å²) in [6, 6.07) is 4.19. The number of hydrogen-bond donors (Lipinski definition) is 2. The Morgan fingerprint density at radius 1 is 1.56 bits per heavy atom. The van der Waals surface area contributed by atoms with Gasteiger partial charge in [-0.2, -0.15) is 4.37 Å². The average Bonchev–Trinajstić information content (AvgIpc) is 2.89. The lowest BCUT2D eigenvalue weighted by Crippen LogP contribution is -2.03. The number of nitrogen functional groups attached to an aromatic ring is 1. The molecule has 2 heterocycles. The second kappa shape index (κ2) is 5.18. The van der Waals surface area contributed by atoms with Gasteiger partial charge < -0.3 is 15.8 Å². The third-order valence-electron chi connectivity index (χ3n) is 2.12. The molecule has 2 aromatic heterocycles. The Morgan fingerprint density at radius 3 is 3.12 bits per heavy atom. The van der Waals surface area contributed by atoms with Crippen molar-refractivity contribution in [2.75, 3.05) is 24.7 Å². The molecule has 2 aromatic rings. The largest absolute Gasteiger partial charge is 0.490 e. The number of anilines is 2. The van der Waals surface area contributed by atoms with Gasteiger partial charge in [-0.05, 0) is 29.4 Å². The lowest BCUT2D eigenvalue weighted by Gasteiger charge is -2.04. The fourth-order valence-corrected chi connectivity index (χ4v) is 2.78. The van der Waals surface area contributed by atoms with Crippen LogP contribution in [0.2, 0.25) is 0 Å². The van der Waals surface area contributed by atoms with Crippen molar-refractivity contribution in [3.8, 4) is 5.75 Å². The quantitative estimate of drug-likeness (QED) is 0.861. The van der Waals surface area contributed by atoms with Gasteiger partial charge >= 0.3 is 0 Å². The summed E-state index contributed by atoms with van der Waals surface area (Å²) in [6.45, 7) is 0.860. The van der Waals surface area contributed by atoms with Crippen LogP contribution in [0.3, 0.4) is 0 Å². The molecule has 0 aromatic carbocycles. The molecular formula is C10H13N3OS2. The predicted octanol–water partition coefficient (Wildman–Crippen LogP) is 2.45. The molecule has 2 rings (SSSR count). The summed E-state index contributed by atoms with van der Waals surface area (Å²) in [5, 5.41) is 6.26. The number of methoxy groups -OCH3 is 1. The van der Waals surface area contributed by atoms with Gasteiger partial charge in [-0.1, -0.05) is 6.07 Å². The number of nitrogens with two attached hydrogens (primary N) is 1. The van der Waals surface area contributed by atoms with Crippen molar-refractivity contribution in [3.05, 3.63) is 22.4 Å². The van der Waals surface area contributed by atoms with Gasteiger partial charge in [0, 0.05) is 11.4 Å². The van der Waals surface area contributed by atoms with Crippen LogP contribution in [-0.4, -0.2) is 18.0 Å². The van der Waals surface area contributed by atoms with Gasteiger partial charge in [0.15, 0.2) is 16.6 Å². The van der Waals surface area contributed by atoms with E-state index < -0.39 is 0 Å². The van der Waals surface area contributed by atoms with Crippen LogP contribution in [0.1, 0.15) is 4.88 Å². The number of rotatable bonds is 5. The molecule has 6 heteroatoms. The summed E-state index contributed by atoms with van der Waals surface area (Å²) in [5.74, 6) is 1.10. The molecule has 0 spiro atoms. The molecule has 0 unspecified atom stereocenters. The van der Waals surface area contributed by atoms with Crippen molar-refractivity contribution in [3.63, 3.8) is 0 Å². The first-order valence-corrected chi connectivity index (χ1v) is 6.52. The highest BCUT2D eigenvalue weighted by atomic mass is 32.1. The van der Waals surface area contributed by atoms with Gasteiger partial charge in [0.25, 0.3) is 0 Å². The fourth-order valence-electron chi connectivity index (χ4n) is 1.36. The van der Waals surface area contributed by atoms with Gasteiger partial charge in [0.1, 0.15) is 0 Å². The average molecular weight is 255 g/mol. The maximum atomic E-state index is 5.65. The molecule has 4 nitrogen and oxygen atoms in total. The number of aromatic nitrogens is 1. The van der Waals surface area contributed by atoms with E-state index in [0.29, 0.717) is 11.6 Å². The molecule has 0 aliphatic carbocycles. The van der Waals surface area contributed by atoms with Crippen LogP contribution in [0.15, 0.2) is 17.5 Å². The molecule has 16 heavy (non-hydrogen) atoms. The minimum Gasteiger partial charge on any atom is -0.490 e. The molecule has 0 amide bonds. The Kier molecular flexibility index (Phi) is 3.63. The molecule has 0 saturated carbocycles. The monoisotopic (exact) mass is 255 g/mol. The van der Waals surface area contributed by atoms with Gasteiger partial charge in [0.05, 0.1) is 7.11 Å². The first-order chi connectivity index (χ1) is 7.81. The van der Waals surface area contributed by atoms with E-state index in [0.717, 1.165) is 18.0 Å². The van der Waals surface area contributed by atoms with Crippen LogP contribution >= 0.6 is 22.9 Å². The molecule has 0 radical (unpaired) electrons. The maximum Gasteiger partial charge on any atom is 0.197 e.